The van der Waals surface area contributed by atoms with Gasteiger partial charge in [-0.1, -0.05) is 23.2 Å². The van der Waals surface area contributed by atoms with Gasteiger partial charge in [0.1, 0.15) is 0 Å². The molecule has 2 N–H and O–H groups in total. The van der Waals surface area contributed by atoms with Crippen molar-refractivity contribution in [3.63, 3.8) is 0 Å². The number of benzene rings is 2. The Labute approximate surface area is 189 Å². The first-order chi connectivity index (χ1) is 14.9. The molecule has 0 aliphatic carbocycles. The molecule has 164 valence electrons. The smallest absolute Gasteiger partial charge is 0.338 e. The van der Waals surface area contributed by atoms with Gasteiger partial charge in [-0.05, 0) is 42.5 Å². The summed E-state index contributed by atoms with van der Waals surface area (Å²) in [5.74, 6) is -1.31. The van der Waals surface area contributed by atoms with Gasteiger partial charge in [-0.3, -0.25) is 14.5 Å². The summed E-state index contributed by atoms with van der Waals surface area (Å²) in [5, 5.41) is 5.97. The Morgan fingerprint density at radius 1 is 0.903 bits per heavy atom. The molecular formula is C21H21Cl2N3O5. The molecule has 2 amide bonds. The van der Waals surface area contributed by atoms with Gasteiger partial charge in [-0.15, -0.1) is 0 Å². The zero-order valence-corrected chi connectivity index (χ0v) is 18.0. The number of amides is 2. The van der Waals surface area contributed by atoms with E-state index in [9.17, 15) is 14.4 Å². The summed E-state index contributed by atoms with van der Waals surface area (Å²) >= 11 is 11.7. The molecule has 3 rings (SSSR count). The summed E-state index contributed by atoms with van der Waals surface area (Å²) in [6.45, 7) is 2.56. The Bertz CT molecular complexity index is 947. The molecule has 31 heavy (non-hydrogen) atoms. The van der Waals surface area contributed by atoms with Crippen molar-refractivity contribution in [2.45, 2.75) is 0 Å². The molecule has 1 aliphatic heterocycles. The maximum absolute atomic E-state index is 12.1. The van der Waals surface area contributed by atoms with E-state index in [0.717, 1.165) is 13.1 Å². The molecule has 1 heterocycles. The lowest BCUT2D eigenvalue weighted by Crippen LogP contribution is -2.41. The molecule has 0 aromatic heterocycles. The fourth-order valence-corrected chi connectivity index (χ4v) is 3.13. The van der Waals surface area contributed by atoms with E-state index >= 15 is 0 Å². The molecule has 0 radical (unpaired) electrons. The van der Waals surface area contributed by atoms with E-state index < -0.39 is 18.5 Å². The minimum absolute atomic E-state index is 0.118. The standard InChI is InChI=1S/C21H21Cl2N3O5/c22-17-6-1-14(11-18(17)23)21(29)31-13-20(28)25-16-4-2-15(3-5-16)24-19(27)12-26-7-9-30-10-8-26/h1-6,11H,7-10,12-13H2,(H,24,27)(H,25,28). The first-order valence-electron chi connectivity index (χ1n) is 9.53. The van der Waals surface area contributed by atoms with Crippen LogP contribution in [-0.4, -0.2) is 62.1 Å². The molecule has 10 heteroatoms. The van der Waals surface area contributed by atoms with Crippen LogP contribution < -0.4 is 10.6 Å². The van der Waals surface area contributed by atoms with Gasteiger partial charge in [0.15, 0.2) is 6.61 Å². The number of carbonyl (C=O) groups excluding carboxylic acids is 3. The minimum atomic E-state index is -0.688. The normalized spacial score (nSPS) is 14.0. The zero-order chi connectivity index (χ0) is 22.2. The van der Waals surface area contributed by atoms with Gasteiger partial charge in [0.05, 0.1) is 35.4 Å². The van der Waals surface area contributed by atoms with Crippen molar-refractivity contribution in [3.8, 4) is 0 Å². The fourth-order valence-electron chi connectivity index (χ4n) is 2.83. The third-order valence-electron chi connectivity index (χ3n) is 4.41. The van der Waals surface area contributed by atoms with Crippen LogP contribution in [0.3, 0.4) is 0 Å². The van der Waals surface area contributed by atoms with Crippen molar-refractivity contribution in [3.05, 3.63) is 58.1 Å². The second kappa shape index (κ2) is 11.1. The third-order valence-corrected chi connectivity index (χ3v) is 5.15. The summed E-state index contributed by atoms with van der Waals surface area (Å²) in [4.78, 5) is 38.2. The highest BCUT2D eigenvalue weighted by Crippen LogP contribution is 2.23. The zero-order valence-electron chi connectivity index (χ0n) is 16.5. The number of hydrogen-bond acceptors (Lipinski definition) is 6. The fraction of sp³-hybridized carbons (Fsp3) is 0.286. The highest BCUT2D eigenvalue weighted by atomic mass is 35.5. The highest BCUT2D eigenvalue weighted by Gasteiger charge is 2.15. The van der Waals surface area contributed by atoms with Gasteiger partial charge < -0.3 is 20.1 Å². The average molecular weight is 466 g/mol. The quantitative estimate of drug-likeness (QED) is 0.609. The van der Waals surface area contributed by atoms with Crippen LogP contribution in [0.5, 0.6) is 0 Å². The average Bonchev–Trinajstić information content (AvgIpc) is 2.76. The molecule has 8 nitrogen and oxygen atoms in total. The van der Waals surface area contributed by atoms with Gasteiger partial charge in [-0.2, -0.15) is 0 Å². The molecule has 1 saturated heterocycles. The molecule has 0 atom stereocenters. The Balaban J connectivity index is 1.43. The molecule has 1 fully saturated rings. The van der Waals surface area contributed by atoms with E-state index in [-0.39, 0.29) is 16.5 Å². The SMILES string of the molecule is O=C(COC(=O)c1ccc(Cl)c(Cl)c1)Nc1ccc(NC(=O)CN2CCOCC2)cc1. The van der Waals surface area contributed by atoms with Gasteiger partial charge in [0.2, 0.25) is 5.91 Å². The van der Waals surface area contributed by atoms with Crippen molar-refractivity contribution in [1.82, 2.24) is 4.90 Å². The number of morpholine rings is 1. The summed E-state index contributed by atoms with van der Waals surface area (Å²) in [6, 6.07) is 10.9. The second-order valence-electron chi connectivity index (χ2n) is 6.77. The molecule has 1 aliphatic rings. The van der Waals surface area contributed by atoms with E-state index in [1.54, 1.807) is 24.3 Å². The van der Waals surface area contributed by atoms with E-state index in [2.05, 4.69) is 10.6 Å². The monoisotopic (exact) mass is 465 g/mol. The second-order valence-corrected chi connectivity index (χ2v) is 7.58. The maximum atomic E-state index is 12.1. The molecule has 0 spiro atoms. The Morgan fingerprint density at radius 2 is 1.52 bits per heavy atom. The molecule has 2 aromatic carbocycles. The van der Waals surface area contributed by atoms with Crippen LogP contribution in [0, 0.1) is 0 Å². The van der Waals surface area contributed by atoms with Crippen LogP contribution in [0.1, 0.15) is 10.4 Å². The van der Waals surface area contributed by atoms with Crippen molar-refractivity contribution in [2.24, 2.45) is 0 Å². The number of rotatable bonds is 7. The summed E-state index contributed by atoms with van der Waals surface area (Å²) < 4.78 is 10.2. The Kier molecular flexibility index (Phi) is 8.25. The van der Waals surface area contributed by atoms with Crippen molar-refractivity contribution >= 4 is 52.4 Å². The number of halogens is 2. The summed E-state index contributed by atoms with van der Waals surface area (Å²) in [7, 11) is 0. The predicted octanol–water partition coefficient (Wildman–Crippen LogP) is 3.06. The van der Waals surface area contributed by atoms with Crippen LogP contribution >= 0.6 is 23.2 Å². The van der Waals surface area contributed by atoms with E-state index in [1.807, 2.05) is 4.90 Å². The molecule has 0 saturated carbocycles. The molecule has 0 bridgehead atoms. The van der Waals surface area contributed by atoms with Gasteiger partial charge in [-0.25, -0.2) is 4.79 Å². The predicted molar refractivity (Wildman–Crippen MR) is 118 cm³/mol. The van der Waals surface area contributed by atoms with Crippen LogP contribution in [-0.2, 0) is 19.1 Å². The Hall–Kier alpha value is -2.65. The summed E-state index contributed by atoms with van der Waals surface area (Å²) in [6.07, 6.45) is 0. The highest BCUT2D eigenvalue weighted by molar-refractivity contribution is 6.42. The van der Waals surface area contributed by atoms with Crippen LogP contribution in [0.4, 0.5) is 11.4 Å². The number of anilines is 2. The summed E-state index contributed by atoms with van der Waals surface area (Å²) in [5.41, 5.74) is 1.31. The maximum Gasteiger partial charge on any atom is 0.338 e. The largest absolute Gasteiger partial charge is 0.452 e. The van der Waals surface area contributed by atoms with Crippen LogP contribution in [0.25, 0.3) is 0 Å². The van der Waals surface area contributed by atoms with Gasteiger partial charge in [0, 0.05) is 24.5 Å². The minimum Gasteiger partial charge on any atom is -0.452 e. The number of carbonyl (C=O) groups is 3. The lowest BCUT2D eigenvalue weighted by atomic mass is 10.2. The molecule has 0 unspecified atom stereocenters. The topological polar surface area (TPSA) is 97.0 Å². The molecular weight excluding hydrogens is 445 g/mol. The van der Waals surface area contributed by atoms with Crippen molar-refractivity contribution < 1.29 is 23.9 Å². The number of hydrogen-bond donors (Lipinski definition) is 2. The van der Waals surface area contributed by atoms with E-state index in [0.29, 0.717) is 36.2 Å². The third kappa shape index (κ3) is 7.22. The molecule has 2 aromatic rings. The van der Waals surface area contributed by atoms with E-state index in [1.165, 1.54) is 18.2 Å². The number of ether oxygens (including phenoxy) is 2. The number of nitrogens with one attached hydrogen (secondary N) is 2. The lowest BCUT2D eigenvalue weighted by Gasteiger charge is -2.25. The van der Waals surface area contributed by atoms with Crippen molar-refractivity contribution in [2.75, 3.05) is 50.1 Å². The first kappa shape index (κ1) is 23.0. The van der Waals surface area contributed by atoms with Crippen LogP contribution in [0.15, 0.2) is 42.5 Å². The first-order valence-corrected chi connectivity index (χ1v) is 10.3. The van der Waals surface area contributed by atoms with Crippen molar-refractivity contribution in [1.29, 1.82) is 0 Å². The van der Waals surface area contributed by atoms with Crippen LogP contribution in [0.2, 0.25) is 10.0 Å². The lowest BCUT2D eigenvalue weighted by molar-refractivity contribution is -0.119. The van der Waals surface area contributed by atoms with E-state index in [4.69, 9.17) is 32.7 Å². The van der Waals surface area contributed by atoms with Gasteiger partial charge >= 0.3 is 5.97 Å². The number of esters is 1. The Morgan fingerprint density at radius 3 is 2.13 bits per heavy atom. The van der Waals surface area contributed by atoms with Gasteiger partial charge in [0.25, 0.3) is 5.91 Å². The number of nitrogens with zero attached hydrogens (tertiary/aromatic N) is 1.